The molecule has 318 valence electrons. The molecule has 0 radical (unpaired) electrons. The highest BCUT2D eigenvalue weighted by Gasteiger charge is 2.43. The first-order valence-corrected chi connectivity index (χ1v) is 21.8. The largest absolute Gasteiger partial charge is 0.461 e. The molecular weight excluding hydrogens is 713 g/mol. The molecule has 0 heterocycles. The van der Waals surface area contributed by atoms with Crippen LogP contribution in [0.25, 0.3) is 0 Å². The lowest BCUT2D eigenvalue weighted by Crippen LogP contribution is -2.43. The summed E-state index contributed by atoms with van der Waals surface area (Å²) >= 11 is 0. The number of fused-ring (bicyclic) bond motifs is 1. The van der Waals surface area contributed by atoms with E-state index in [1.165, 1.54) is 5.57 Å². The van der Waals surface area contributed by atoms with Crippen molar-refractivity contribution in [2.24, 2.45) is 29.1 Å². The normalized spacial score (nSPS) is 22.5. The number of aliphatic hydroxyl groups is 2. The zero-order valence-corrected chi connectivity index (χ0v) is 36.0. The molecule has 0 bridgehead atoms. The number of hydrogen-bond donors (Lipinski definition) is 4. The van der Waals surface area contributed by atoms with E-state index >= 15 is 0 Å². The topological polar surface area (TPSA) is 125 Å². The summed E-state index contributed by atoms with van der Waals surface area (Å²) in [4.78, 5) is 37.7. The van der Waals surface area contributed by atoms with Crippen LogP contribution < -0.4 is 10.6 Å². The van der Waals surface area contributed by atoms with E-state index in [1.54, 1.807) is 0 Å². The van der Waals surface area contributed by atoms with Crippen LogP contribution in [0.5, 0.6) is 0 Å². The van der Waals surface area contributed by atoms with Gasteiger partial charge in [0.25, 0.3) is 0 Å². The van der Waals surface area contributed by atoms with Crippen LogP contribution in [-0.4, -0.2) is 59.4 Å². The Labute approximate surface area is 345 Å². The molecule has 8 heteroatoms. The number of aliphatic hydroxyl groups excluding tert-OH is 2. The lowest BCUT2D eigenvalue weighted by molar-refractivity contribution is -0.164. The number of allylic oxidation sites excluding steroid dienone is 15. The lowest BCUT2D eigenvalue weighted by atomic mass is 9.65. The third-order valence-electron chi connectivity index (χ3n) is 11.0. The quantitative estimate of drug-likeness (QED) is 0.0373. The Morgan fingerprint density at radius 3 is 1.91 bits per heavy atom. The molecule has 0 saturated heterocycles. The summed E-state index contributed by atoms with van der Waals surface area (Å²) in [6.45, 7) is 12.9. The van der Waals surface area contributed by atoms with Gasteiger partial charge in [0.05, 0.1) is 24.0 Å². The van der Waals surface area contributed by atoms with Crippen molar-refractivity contribution in [2.45, 2.75) is 150 Å². The van der Waals surface area contributed by atoms with E-state index in [0.29, 0.717) is 44.6 Å². The predicted octanol–water partition coefficient (Wildman–Crippen LogP) is 9.73. The highest BCUT2D eigenvalue weighted by atomic mass is 16.5. The summed E-state index contributed by atoms with van der Waals surface area (Å²) in [5, 5.41) is 27.0. The van der Waals surface area contributed by atoms with Crippen LogP contribution in [0.2, 0.25) is 0 Å². The van der Waals surface area contributed by atoms with Gasteiger partial charge in [-0.25, -0.2) is 0 Å². The zero-order valence-electron chi connectivity index (χ0n) is 36.0. The van der Waals surface area contributed by atoms with Gasteiger partial charge in [0.15, 0.2) is 0 Å². The highest BCUT2D eigenvalue weighted by molar-refractivity contribution is 5.77. The molecule has 4 N–H and O–H groups in total. The molecule has 2 aliphatic rings. The molecule has 2 rings (SSSR count). The fourth-order valence-electron chi connectivity index (χ4n) is 7.20. The molecule has 0 aromatic carbocycles. The Kier molecular flexibility index (Phi) is 24.8. The summed E-state index contributed by atoms with van der Waals surface area (Å²) in [7, 11) is 0. The third kappa shape index (κ3) is 21.0. The van der Waals surface area contributed by atoms with Gasteiger partial charge >= 0.3 is 5.97 Å². The molecule has 0 saturated carbocycles. The Hall–Kier alpha value is -3.75. The Balaban J connectivity index is 1.58. The number of carbonyl (C=O) groups excluding carboxylic acids is 3. The van der Waals surface area contributed by atoms with Gasteiger partial charge in [-0.1, -0.05) is 119 Å². The van der Waals surface area contributed by atoms with Crippen molar-refractivity contribution in [1.29, 1.82) is 0 Å². The van der Waals surface area contributed by atoms with E-state index < -0.39 is 17.6 Å². The zero-order chi connectivity index (χ0) is 41.9. The monoisotopic (exact) mass is 789 g/mol. The fraction of sp³-hybridized carbons (Fsp3) is 0.612. The van der Waals surface area contributed by atoms with E-state index in [-0.39, 0.29) is 61.0 Å². The molecule has 0 aromatic rings. The van der Waals surface area contributed by atoms with E-state index in [0.717, 1.165) is 44.9 Å². The number of nitrogens with one attached hydrogen (secondary N) is 2. The van der Waals surface area contributed by atoms with Crippen LogP contribution in [0.15, 0.2) is 96.7 Å². The lowest BCUT2D eigenvalue weighted by Gasteiger charge is -2.44. The van der Waals surface area contributed by atoms with Crippen molar-refractivity contribution in [2.75, 3.05) is 13.1 Å². The van der Waals surface area contributed by atoms with Crippen molar-refractivity contribution in [3.63, 3.8) is 0 Å². The maximum Gasteiger partial charge on any atom is 0.311 e. The first-order valence-electron chi connectivity index (χ1n) is 21.8. The van der Waals surface area contributed by atoms with Gasteiger partial charge in [0.1, 0.15) is 6.10 Å². The van der Waals surface area contributed by atoms with Gasteiger partial charge in [0.2, 0.25) is 11.8 Å². The van der Waals surface area contributed by atoms with Crippen LogP contribution in [0, 0.1) is 29.1 Å². The molecular formula is C49H76N2O6. The second kappa shape index (κ2) is 28.6. The maximum atomic E-state index is 13.1. The molecule has 0 fully saturated rings. The summed E-state index contributed by atoms with van der Waals surface area (Å²) in [5.41, 5.74) is 0.663. The van der Waals surface area contributed by atoms with Crippen molar-refractivity contribution >= 4 is 17.8 Å². The summed E-state index contributed by atoms with van der Waals surface area (Å²) < 4.78 is 6.20. The van der Waals surface area contributed by atoms with Crippen LogP contribution in [0.1, 0.15) is 131 Å². The predicted molar refractivity (Wildman–Crippen MR) is 235 cm³/mol. The Bertz CT molecular complexity index is 1430. The average molecular weight is 789 g/mol. The summed E-state index contributed by atoms with van der Waals surface area (Å²) in [5.74, 6) is 0.254. The van der Waals surface area contributed by atoms with Gasteiger partial charge in [-0.05, 0) is 114 Å². The number of amides is 2. The van der Waals surface area contributed by atoms with Crippen LogP contribution in [0.3, 0.4) is 0 Å². The minimum atomic E-state index is -0.976. The maximum absolute atomic E-state index is 13.1. The second-order valence-electron chi connectivity index (χ2n) is 16.4. The van der Waals surface area contributed by atoms with Gasteiger partial charge in [-0.2, -0.15) is 0 Å². The molecule has 8 nitrogen and oxygen atoms in total. The molecule has 0 spiro atoms. The van der Waals surface area contributed by atoms with Crippen molar-refractivity contribution in [3.8, 4) is 0 Å². The third-order valence-corrected chi connectivity index (χ3v) is 11.0. The van der Waals surface area contributed by atoms with Crippen molar-refractivity contribution < 1.29 is 29.3 Å². The summed E-state index contributed by atoms with van der Waals surface area (Å²) in [6, 6.07) is 0. The standard InChI is InChI=1S/C49H76N2O6/c1-7-9-10-11-12-13-14-15-16-17-18-19-20-21-22-23-24-25-26-27-45(54)50-32-33-51-46(55)37-42(53)36-41(52)30-31-43-39(4)28-29-40-34-38(3)35-44(47(40)43)57-48(56)49(5,6)8-2/h9-10,12-13,15-16,18-19,21-22,24-25,28-29,34,38-39,41-44,47,52-53H,7-8,11,14,17,20,23,26-27,30-33,35-37H2,1-6H3,(H,50,54)(H,51,55)/t38-,39-,41-,42+,43-,44?,47?/m0/s1. The number of hydrogen-bond acceptors (Lipinski definition) is 6. The summed E-state index contributed by atoms with van der Waals surface area (Å²) in [6.07, 6.45) is 40.0. The van der Waals surface area contributed by atoms with Gasteiger partial charge < -0.3 is 25.6 Å². The number of ether oxygens (including phenoxy) is 1. The molecule has 2 aliphatic carbocycles. The molecule has 57 heavy (non-hydrogen) atoms. The van der Waals surface area contributed by atoms with Crippen molar-refractivity contribution in [3.05, 3.63) is 96.7 Å². The van der Waals surface area contributed by atoms with E-state index in [1.807, 2.05) is 26.8 Å². The highest BCUT2D eigenvalue weighted by Crippen LogP contribution is 2.45. The number of rotatable bonds is 27. The van der Waals surface area contributed by atoms with Crippen molar-refractivity contribution in [1.82, 2.24) is 10.6 Å². The molecule has 0 aliphatic heterocycles. The minimum absolute atomic E-state index is 0.0675. The minimum Gasteiger partial charge on any atom is -0.461 e. The van der Waals surface area contributed by atoms with E-state index in [9.17, 15) is 24.6 Å². The molecule has 2 amide bonds. The Morgan fingerprint density at radius 1 is 0.807 bits per heavy atom. The van der Waals surface area contributed by atoms with E-state index in [2.05, 4.69) is 116 Å². The molecule has 2 unspecified atom stereocenters. The van der Waals surface area contributed by atoms with Gasteiger partial charge in [0, 0.05) is 25.4 Å². The number of esters is 1. The second-order valence-corrected chi connectivity index (χ2v) is 16.4. The van der Waals surface area contributed by atoms with Crippen LogP contribution in [0.4, 0.5) is 0 Å². The number of carbonyl (C=O) groups is 3. The van der Waals surface area contributed by atoms with Gasteiger partial charge in [-0.3, -0.25) is 14.4 Å². The van der Waals surface area contributed by atoms with Gasteiger partial charge in [-0.15, -0.1) is 0 Å². The fourth-order valence-corrected chi connectivity index (χ4v) is 7.20. The first-order chi connectivity index (χ1) is 27.4. The first kappa shape index (κ1) is 49.4. The smallest absolute Gasteiger partial charge is 0.311 e. The Morgan fingerprint density at radius 2 is 1.35 bits per heavy atom. The van der Waals surface area contributed by atoms with Crippen LogP contribution in [-0.2, 0) is 19.1 Å². The average Bonchev–Trinajstić information content (AvgIpc) is 3.16. The molecule has 0 aromatic heterocycles. The van der Waals surface area contributed by atoms with Crippen LogP contribution >= 0.6 is 0 Å². The van der Waals surface area contributed by atoms with E-state index in [4.69, 9.17) is 4.74 Å². The molecule has 7 atom stereocenters. The SMILES string of the molecule is CCC=CCC=CCC=CCC=CCC=CCC=CCCC(=O)NCCNC(=O)C[C@H](O)C[C@@H](O)CC[C@@H]1C2C(=C[C@H](C)CC2OC(=O)C(C)(C)CC)C=C[C@@H]1C.